The minimum absolute atomic E-state index is 0.0895. The van der Waals surface area contributed by atoms with Crippen LogP contribution in [0.25, 0.3) is 0 Å². The molecule has 3 saturated heterocycles. The summed E-state index contributed by atoms with van der Waals surface area (Å²) in [6, 6.07) is 21.0. The van der Waals surface area contributed by atoms with Crippen molar-refractivity contribution in [1.29, 1.82) is 0 Å². The minimum Gasteiger partial charge on any atom is -0.352 e. The van der Waals surface area contributed by atoms with Crippen LogP contribution in [-0.2, 0) is 31.0 Å². The average molecular weight is 459 g/mol. The van der Waals surface area contributed by atoms with Crippen LogP contribution in [0.5, 0.6) is 0 Å². The molecule has 0 spiro atoms. The number of hydrogen-bond acceptors (Lipinski definition) is 5. The van der Waals surface area contributed by atoms with E-state index in [9.17, 15) is 4.79 Å². The highest BCUT2D eigenvalue weighted by atomic mass is 16.1. The van der Waals surface area contributed by atoms with Crippen LogP contribution < -0.4 is 5.32 Å². The van der Waals surface area contributed by atoms with Gasteiger partial charge in [-0.05, 0) is 43.5 Å². The Hall–Kier alpha value is -3.03. The summed E-state index contributed by atoms with van der Waals surface area (Å²) in [5.74, 6) is 0.735. The molecule has 0 radical (unpaired) electrons. The summed E-state index contributed by atoms with van der Waals surface area (Å²) in [5.41, 5.74) is 3.43. The van der Waals surface area contributed by atoms with Crippen molar-refractivity contribution in [2.24, 2.45) is 11.8 Å². The van der Waals surface area contributed by atoms with Gasteiger partial charge < -0.3 is 5.32 Å². The predicted octanol–water partition coefficient (Wildman–Crippen LogP) is 2.94. The molecule has 0 aliphatic carbocycles. The summed E-state index contributed by atoms with van der Waals surface area (Å²) >= 11 is 0. The maximum atomic E-state index is 12.9. The Labute approximate surface area is 201 Å². The topological polar surface area (TPSA) is 66.3 Å². The van der Waals surface area contributed by atoms with Crippen molar-refractivity contribution in [2.45, 2.75) is 45.1 Å². The SMILES string of the molecule is CN(Cc1ccccc1)Cc1cn(C[C@H]2C[C@@H]3CCN2C[C@@H]3C(=O)NCc2ccccc2)nn1. The molecule has 7 nitrogen and oxygen atoms in total. The number of rotatable bonds is 9. The summed E-state index contributed by atoms with van der Waals surface area (Å²) in [6.07, 6.45) is 4.23. The molecule has 3 aliphatic heterocycles. The molecule has 2 aromatic carbocycles. The Morgan fingerprint density at radius 2 is 1.79 bits per heavy atom. The van der Waals surface area contributed by atoms with Crippen LogP contribution in [0.1, 0.15) is 29.7 Å². The van der Waals surface area contributed by atoms with E-state index >= 15 is 0 Å². The molecule has 3 aromatic rings. The van der Waals surface area contributed by atoms with E-state index in [4.69, 9.17) is 0 Å². The first kappa shape index (κ1) is 22.7. The zero-order valence-electron chi connectivity index (χ0n) is 19.9. The second-order valence-electron chi connectivity index (χ2n) is 9.83. The Kier molecular flexibility index (Phi) is 7.02. The molecular weight excluding hydrogens is 424 g/mol. The molecule has 6 rings (SSSR count). The molecule has 1 amide bonds. The zero-order chi connectivity index (χ0) is 23.3. The minimum atomic E-state index is 0.0895. The fourth-order valence-corrected chi connectivity index (χ4v) is 5.48. The number of benzene rings is 2. The van der Waals surface area contributed by atoms with Crippen LogP contribution in [-0.4, -0.2) is 56.9 Å². The summed E-state index contributed by atoms with van der Waals surface area (Å²) < 4.78 is 1.99. The molecule has 34 heavy (non-hydrogen) atoms. The Morgan fingerprint density at radius 3 is 2.50 bits per heavy atom. The molecule has 0 saturated carbocycles. The van der Waals surface area contributed by atoms with Crippen molar-refractivity contribution in [2.75, 3.05) is 20.1 Å². The molecule has 1 N–H and O–H groups in total. The van der Waals surface area contributed by atoms with Crippen molar-refractivity contribution >= 4 is 5.91 Å². The summed E-state index contributed by atoms with van der Waals surface area (Å²) in [7, 11) is 2.11. The lowest BCUT2D eigenvalue weighted by molar-refractivity contribution is -0.133. The summed E-state index contributed by atoms with van der Waals surface area (Å²) in [4.78, 5) is 17.6. The lowest BCUT2D eigenvalue weighted by Gasteiger charge is -2.49. The summed E-state index contributed by atoms with van der Waals surface area (Å²) in [6.45, 7) is 5.02. The zero-order valence-corrected chi connectivity index (χ0v) is 19.9. The van der Waals surface area contributed by atoms with E-state index < -0.39 is 0 Å². The van der Waals surface area contributed by atoms with E-state index in [1.54, 1.807) is 0 Å². The number of nitrogens with one attached hydrogen (secondary N) is 1. The Morgan fingerprint density at radius 1 is 1.06 bits per heavy atom. The summed E-state index contributed by atoms with van der Waals surface area (Å²) in [5, 5.41) is 12.0. The first-order chi connectivity index (χ1) is 16.6. The molecule has 1 aromatic heterocycles. The number of hydrogen-bond donors (Lipinski definition) is 1. The van der Waals surface area contributed by atoms with Gasteiger partial charge in [-0.2, -0.15) is 0 Å². The van der Waals surface area contributed by atoms with Crippen molar-refractivity contribution in [1.82, 2.24) is 30.1 Å². The number of fused-ring (bicyclic) bond motifs is 3. The quantitative estimate of drug-likeness (QED) is 0.534. The first-order valence-corrected chi connectivity index (χ1v) is 12.3. The van der Waals surface area contributed by atoms with Crippen LogP contribution in [0.2, 0.25) is 0 Å². The van der Waals surface area contributed by atoms with E-state index in [1.807, 2.05) is 28.9 Å². The van der Waals surface area contributed by atoms with Gasteiger partial charge in [0.1, 0.15) is 0 Å². The molecule has 178 valence electrons. The highest BCUT2D eigenvalue weighted by molar-refractivity contribution is 5.79. The number of carbonyl (C=O) groups excluding carboxylic acids is 1. The Bertz CT molecular complexity index is 1070. The van der Waals surface area contributed by atoms with E-state index in [1.165, 1.54) is 5.56 Å². The lowest BCUT2D eigenvalue weighted by Crippen LogP contribution is -2.58. The second kappa shape index (κ2) is 10.5. The number of amides is 1. The molecule has 4 heterocycles. The normalized spacial score (nSPS) is 23.8. The maximum Gasteiger partial charge on any atom is 0.224 e. The molecular formula is C27H34N6O. The molecule has 7 heteroatoms. The molecule has 1 unspecified atom stereocenters. The Balaban J connectivity index is 1.11. The maximum absolute atomic E-state index is 12.9. The van der Waals surface area contributed by atoms with Crippen LogP contribution >= 0.6 is 0 Å². The number of carbonyl (C=O) groups is 1. The fourth-order valence-electron chi connectivity index (χ4n) is 5.48. The largest absolute Gasteiger partial charge is 0.352 e. The van der Waals surface area contributed by atoms with E-state index in [0.717, 1.165) is 56.8 Å². The molecule has 3 aliphatic rings. The third-order valence-corrected chi connectivity index (χ3v) is 7.24. The predicted molar refractivity (Wildman–Crippen MR) is 131 cm³/mol. The fraction of sp³-hybridized carbons (Fsp3) is 0.444. The van der Waals surface area contributed by atoms with Crippen molar-refractivity contribution < 1.29 is 4.79 Å². The van der Waals surface area contributed by atoms with Gasteiger partial charge in [0.05, 0.1) is 18.2 Å². The van der Waals surface area contributed by atoms with Gasteiger partial charge in [0.2, 0.25) is 5.91 Å². The van der Waals surface area contributed by atoms with Crippen LogP contribution in [0.4, 0.5) is 0 Å². The van der Waals surface area contributed by atoms with E-state index in [0.29, 0.717) is 18.5 Å². The van der Waals surface area contributed by atoms with Gasteiger partial charge in [-0.3, -0.25) is 19.3 Å². The van der Waals surface area contributed by atoms with Gasteiger partial charge in [0.25, 0.3) is 0 Å². The van der Waals surface area contributed by atoms with Gasteiger partial charge in [0, 0.05) is 38.4 Å². The average Bonchev–Trinajstić information content (AvgIpc) is 3.30. The van der Waals surface area contributed by atoms with Crippen molar-refractivity contribution in [3.05, 3.63) is 83.7 Å². The lowest BCUT2D eigenvalue weighted by atomic mass is 9.75. The smallest absolute Gasteiger partial charge is 0.224 e. The second-order valence-corrected chi connectivity index (χ2v) is 9.83. The highest BCUT2D eigenvalue weighted by Crippen LogP contribution is 2.37. The first-order valence-electron chi connectivity index (χ1n) is 12.3. The van der Waals surface area contributed by atoms with E-state index in [-0.39, 0.29) is 11.8 Å². The third-order valence-electron chi connectivity index (χ3n) is 7.24. The highest BCUT2D eigenvalue weighted by Gasteiger charge is 2.43. The number of piperidine rings is 3. The van der Waals surface area contributed by atoms with Crippen LogP contribution in [0, 0.1) is 11.8 Å². The van der Waals surface area contributed by atoms with Crippen molar-refractivity contribution in [3.8, 4) is 0 Å². The standard InChI is InChI=1S/C27H34N6O/c1-31(16-22-10-6-3-7-11-22)17-24-18-33(30-29-24)19-25-14-23-12-13-32(25)20-26(23)27(34)28-15-21-8-4-2-5-9-21/h2-11,18,23,25-26H,12-17,19-20H2,1H3,(H,28,34)/t23-,25+,26-/m0/s1. The van der Waals surface area contributed by atoms with Gasteiger partial charge in [0.15, 0.2) is 0 Å². The van der Waals surface area contributed by atoms with Crippen LogP contribution in [0.15, 0.2) is 66.9 Å². The molecule has 4 atom stereocenters. The number of aromatic nitrogens is 3. The van der Waals surface area contributed by atoms with Crippen molar-refractivity contribution in [3.63, 3.8) is 0 Å². The van der Waals surface area contributed by atoms with Gasteiger partial charge in [-0.25, -0.2) is 0 Å². The van der Waals surface area contributed by atoms with Gasteiger partial charge >= 0.3 is 0 Å². The third kappa shape index (κ3) is 5.54. The monoisotopic (exact) mass is 458 g/mol. The van der Waals surface area contributed by atoms with Gasteiger partial charge in [-0.15, -0.1) is 5.10 Å². The van der Waals surface area contributed by atoms with Gasteiger partial charge in [-0.1, -0.05) is 65.9 Å². The molecule has 2 bridgehead atoms. The number of nitrogens with zero attached hydrogens (tertiary/aromatic N) is 5. The molecule has 3 fully saturated rings. The van der Waals surface area contributed by atoms with E-state index in [2.05, 4.69) is 75.1 Å². The van der Waals surface area contributed by atoms with Crippen LogP contribution in [0.3, 0.4) is 0 Å².